The molecule has 1 fully saturated rings. The van der Waals surface area contributed by atoms with Crippen LogP contribution < -0.4 is 0 Å². The Labute approximate surface area is 125 Å². The molecule has 0 spiro atoms. The number of rotatable bonds is 4. The summed E-state index contributed by atoms with van der Waals surface area (Å²) in [4.78, 5) is 22.6. The fraction of sp³-hybridized carbons (Fsp3) is 0.500. The number of hydrogen-bond acceptors (Lipinski definition) is 6. The van der Waals surface area contributed by atoms with Gasteiger partial charge in [-0.05, 0) is 0 Å². The van der Waals surface area contributed by atoms with Crippen molar-refractivity contribution in [2.45, 2.75) is 19.0 Å². The smallest absolute Gasteiger partial charge is 0.225 e. The van der Waals surface area contributed by atoms with Crippen LogP contribution in [0.3, 0.4) is 0 Å². The lowest BCUT2D eigenvalue weighted by Crippen LogP contribution is -2.41. The van der Waals surface area contributed by atoms with Crippen molar-refractivity contribution < 1.29 is 4.79 Å². The van der Waals surface area contributed by atoms with E-state index in [0.717, 1.165) is 23.1 Å². The molecule has 0 saturated carbocycles. The molecule has 20 heavy (non-hydrogen) atoms. The summed E-state index contributed by atoms with van der Waals surface area (Å²) < 4.78 is 1.69. The molecule has 8 heteroatoms. The predicted octanol–water partition coefficient (Wildman–Crippen LogP) is 1.44. The molecular weight excluding hydrogens is 294 g/mol. The van der Waals surface area contributed by atoms with E-state index in [4.69, 9.17) is 0 Å². The summed E-state index contributed by atoms with van der Waals surface area (Å²) in [5, 5.41) is 7.02. The van der Waals surface area contributed by atoms with Crippen LogP contribution in [0.15, 0.2) is 24.2 Å². The number of hydrogen-bond donors (Lipinski definition) is 0. The number of thioether (sulfide) groups is 1. The van der Waals surface area contributed by atoms with E-state index in [2.05, 4.69) is 15.1 Å². The highest BCUT2D eigenvalue weighted by Gasteiger charge is 2.29. The van der Waals surface area contributed by atoms with Gasteiger partial charge in [0.25, 0.3) is 0 Å². The summed E-state index contributed by atoms with van der Waals surface area (Å²) in [7, 11) is 0. The van der Waals surface area contributed by atoms with Gasteiger partial charge in [-0.15, -0.1) is 11.3 Å². The van der Waals surface area contributed by atoms with Crippen LogP contribution in [0.4, 0.5) is 0 Å². The molecule has 3 rings (SSSR count). The molecule has 0 aliphatic carbocycles. The number of thiazole rings is 1. The van der Waals surface area contributed by atoms with Gasteiger partial charge < -0.3 is 4.90 Å². The SMILES string of the molecule is O=C(CCn1cncn1)N1CCSCC1c1nccs1. The Morgan fingerprint density at radius 3 is 3.20 bits per heavy atom. The summed E-state index contributed by atoms with van der Waals surface area (Å²) in [6, 6.07) is 0.122. The zero-order chi connectivity index (χ0) is 13.8. The molecule has 1 atom stereocenters. The van der Waals surface area contributed by atoms with Gasteiger partial charge in [-0.25, -0.2) is 9.97 Å². The van der Waals surface area contributed by atoms with E-state index in [9.17, 15) is 4.79 Å². The van der Waals surface area contributed by atoms with Crippen LogP contribution in [0.25, 0.3) is 0 Å². The molecule has 3 heterocycles. The zero-order valence-electron chi connectivity index (χ0n) is 10.9. The summed E-state index contributed by atoms with van der Waals surface area (Å²) in [5.74, 6) is 2.10. The molecule has 0 radical (unpaired) electrons. The number of carbonyl (C=O) groups excluding carboxylic acids is 1. The second-order valence-electron chi connectivity index (χ2n) is 4.46. The monoisotopic (exact) mass is 309 g/mol. The van der Waals surface area contributed by atoms with Gasteiger partial charge in [0.2, 0.25) is 5.91 Å². The minimum atomic E-state index is 0.122. The number of aryl methyl sites for hydroxylation is 1. The molecule has 0 bridgehead atoms. The average Bonchev–Trinajstić information content (AvgIpc) is 3.18. The summed E-state index contributed by atoms with van der Waals surface area (Å²) in [6.45, 7) is 1.37. The first-order valence-corrected chi connectivity index (χ1v) is 8.47. The molecule has 1 aliphatic heterocycles. The van der Waals surface area contributed by atoms with Gasteiger partial charge in [0.05, 0.1) is 12.6 Å². The lowest BCUT2D eigenvalue weighted by Gasteiger charge is -2.34. The number of aromatic nitrogens is 4. The Morgan fingerprint density at radius 2 is 2.45 bits per heavy atom. The fourth-order valence-electron chi connectivity index (χ4n) is 2.21. The fourth-order valence-corrected chi connectivity index (χ4v) is 4.12. The number of nitrogens with zero attached hydrogens (tertiary/aromatic N) is 5. The molecule has 1 saturated heterocycles. The Morgan fingerprint density at radius 1 is 1.50 bits per heavy atom. The average molecular weight is 309 g/mol. The van der Waals surface area contributed by atoms with Crippen molar-refractivity contribution >= 4 is 29.0 Å². The Balaban J connectivity index is 1.65. The van der Waals surface area contributed by atoms with Crippen molar-refractivity contribution in [3.63, 3.8) is 0 Å². The normalized spacial score (nSPS) is 19.2. The highest BCUT2D eigenvalue weighted by molar-refractivity contribution is 7.99. The minimum absolute atomic E-state index is 0.122. The quantitative estimate of drug-likeness (QED) is 0.855. The number of carbonyl (C=O) groups is 1. The maximum absolute atomic E-state index is 12.4. The molecule has 0 N–H and O–H groups in total. The molecule has 1 unspecified atom stereocenters. The van der Waals surface area contributed by atoms with E-state index < -0.39 is 0 Å². The maximum Gasteiger partial charge on any atom is 0.225 e. The molecule has 1 amide bonds. The van der Waals surface area contributed by atoms with Crippen LogP contribution in [-0.2, 0) is 11.3 Å². The molecule has 6 nitrogen and oxygen atoms in total. The standard InChI is InChI=1S/C12H15N5OS2/c18-11(1-3-16-9-13-8-15-16)17-4-6-19-7-10(17)12-14-2-5-20-12/h2,5,8-10H,1,3-4,6-7H2. The van der Waals surface area contributed by atoms with Crippen molar-refractivity contribution in [2.75, 3.05) is 18.1 Å². The first-order valence-electron chi connectivity index (χ1n) is 6.43. The Bertz CT molecular complexity index is 542. The largest absolute Gasteiger partial charge is 0.331 e. The van der Waals surface area contributed by atoms with Gasteiger partial charge in [-0.1, -0.05) is 0 Å². The highest BCUT2D eigenvalue weighted by atomic mass is 32.2. The van der Waals surface area contributed by atoms with Crippen LogP contribution in [0.2, 0.25) is 0 Å². The molecule has 106 valence electrons. The topological polar surface area (TPSA) is 63.9 Å². The summed E-state index contributed by atoms with van der Waals surface area (Å²) in [5.41, 5.74) is 0. The molecule has 1 aliphatic rings. The van der Waals surface area contributed by atoms with E-state index >= 15 is 0 Å². The van der Waals surface area contributed by atoms with Gasteiger partial charge in [0, 0.05) is 36.0 Å². The van der Waals surface area contributed by atoms with Crippen LogP contribution in [0.1, 0.15) is 17.5 Å². The van der Waals surface area contributed by atoms with E-state index in [1.807, 2.05) is 22.0 Å². The first kappa shape index (κ1) is 13.6. The second-order valence-corrected chi connectivity index (χ2v) is 6.53. The summed E-state index contributed by atoms with van der Waals surface area (Å²) in [6.07, 6.45) is 5.38. The van der Waals surface area contributed by atoms with E-state index in [1.54, 1.807) is 28.5 Å². The van der Waals surface area contributed by atoms with Crippen LogP contribution >= 0.6 is 23.1 Å². The lowest BCUT2D eigenvalue weighted by atomic mass is 10.2. The van der Waals surface area contributed by atoms with Crippen molar-refractivity contribution in [3.8, 4) is 0 Å². The van der Waals surface area contributed by atoms with Crippen molar-refractivity contribution in [1.29, 1.82) is 0 Å². The van der Waals surface area contributed by atoms with Crippen molar-refractivity contribution in [2.24, 2.45) is 0 Å². The number of amides is 1. The van der Waals surface area contributed by atoms with Crippen LogP contribution in [0.5, 0.6) is 0 Å². The lowest BCUT2D eigenvalue weighted by molar-refractivity contribution is -0.133. The van der Waals surface area contributed by atoms with Gasteiger partial charge in [0.1, 0.15) is 17.7 Å². The molecule has 2 aromatic rings. The van der Waals surface area contributed by atoms with Crippen LogP contribution in [0, 0.1) is 0 Å². The summed E-state index contributed by atoms with van der Waals surface area (Å²) >= 11 is 3.50. The zero-order valence-corrected chi connectivity index (χ0v) is 12.5. The third kappa shape index (κ3) is 3.01. The van der Waals surface area contributed by atoms with Gasteiger partial charge >= 0.3 is 0 Å². The third-order valence-electron chi connectivity index (χ3n) is 3.21. The van der Waals surface area contributed by atoms with Gasteiger partial charge in [-0.3, -0.25) is 9.48 Å². The third-order valence-corrected chi connectivity index (χ3v) is 5.11. The van der Waals surface area contributed by atoms with E-state index in [1.165, 1.54) is 6.33 Å². The Kier molecular flexibility index (Phi) is 4.31. The Hall–Kier alpha value is -1.41. The van der Waals surface area contributed by atoms with E-state index in [0.29, 0.717) is 13.0 Å². The second kappa shape index (κ2) is 6.36. The first-order chi connectivity index (χ1) is 9.84. The minimum Gasteiger partial charge on any atom is -0.331 e. The van der Waals surface area contributed by atoms with Crippen molar-refractivity contribution in [1.82, 2.24) is 24.6 Å². The maximum atomic E-state index is 12.4. The molecule has 2 aromatic heterocycles. The predicted molar refractivity (Wildman–Crippen MR) is 78.5 cm³/mol. The van der Waals surface area contributed by atoms with Crippen LogP contribution in [-0.4, -0.2) is 48.6 Å². The van der Waals surface area contributed by atoms with Gasteiger partial charge in [0.15, 0.2) is 0 Å². The van der Waals surface area contributed by atoms with Crippen molar-refractivity contribution in [3.05, 3.63) is 29.2 Å². The van der Waals surface area contributed by atoms with E-state index in [-0.39, 0.29) is 11.9 Å². The molecule has 0 aromatic carbocycles. The molecular formula is C12H15N5OS2. The van der Waals surface area contributed by atoms with Gasteiger partial charge in [-0.2, -0.15) is 16.9 Å². The highest BCUT2D eigenvalue weighted by Crippen LogP contribution is 2.31.